The topological polar surface area (TPSA) is 62.5 Å². The van der Waals surface area contributed by atoms with Crippen molar-refractivity contribution in [3.8, 4) is 0 Å². The van der Waals surface area contributed by atoms with Crippen LogP contribution in [0.1, 0.15) is 44.4 Å². The van der Waals surface area contributed by atoms with E-state index in [1.165, 1.54) is 0 Å². The lowest BCUT2D eigenvalue weighted by Gasteiger charge is -2.42. The van der Waals surface area contributed by atoms with E-state index in [0.29, 0.717) is 44.1 Å². The van der Waals surface area contributed by atoms with Gasteiger partial charge in [-0.25, -0.2) is 4.98 Å². The van der Waals surface area contributed by atoms with Gasteiger partial charge in [-0.3, -0.25) is 4.79 Å². The Balaban J connectivity index is 1.71. The molecule has 0 aromatic carbocycles. The fourth-order valence-corrected chi connectivity index (χ4v) is 4.51. The van der Waals surface area contributed by atoms with Crippen molar-refractivity contribution in [2.24, 2.45) is 17.1 Å². The monoisotopic (exact) mass is 398 g/mol. The Morgan fingerprint density at radius 3 is 2.39 bits per heavy atom. The summed E-state index contributed by atoms with van der Waals surface area (Å²) in [7, 11) is 0. The summed E-state index contributed by atoms with van der Waals surface area (Å²) >= 11 is 0. The van der Waals surface area contributed by atoms with Gasteiger partial charge in [-0.15, -0.1) is 0 Å². The third-order valence-corrected chi connectivity index (χ3v) is 6.28. The molecular weight excluding hydrogens is 369 g/mol. The third-order valence-electron chi connectivity index (χ3n) is 6.28. The van der Waals surface area contributed by atoms with Gasteiger partial charge in [0.25, 0.3) is 0 Å². The Kier molecular flexibility index (Phi) is 5.62. The molecule has 2 N–H and O–H groups in total. The molecule has 156 valence electrons. The number of hydrogen-bond acceptors (Lipinski definition) is 4. The first-order chi connectivity index (χ1) is 13.0. The van der Waals surface area contributed by atoms with Crippen LogP contribution < -0.4 is 10.6 Å². The Bertz CT molecular complexity index is 729. The zero-order valence-corrected chi connectivity index (χ0v) is 16.7. The highest BCUT2D eigenvalue weighted by atomic mass is 19.4. The predicted octanol–water partition coefficient (Wildman–Crippen LogP) is 3.21. The molecule has 1 aliphatic carbocycles. The van der Waals surface area contributed by atoms with Gasteiger partial charge in [0.1, 0.15) is 5.82 Å². The normalized spacial score (nSPS) is 26.2. The maximum Gasteiger partial charge on any atom is 0.416 e. The van der Waals surface area contributed by atoms with Crippen molar-refractivity contribution in [2.45, 2.75) is 52.3 Å². The Labute approximate surface area is 164 Å². The van der Waals surface area contributed by atoms with Crippen LogP contribution in [0.3, 0.4) is 0 Å². The highest BCUT2D eigenvalue weighted by molar-refractivity contribution is 5.83. The first-order valence-corrected chi connectivity index (χ1v) is 9.89. The number of pyridine rings is 1. The van der Waals surface area contributed by atoms with Crippen molar-refractivity contribution in [1.82, 2.24) is 9.88 Å². The van der Waals surface area contributed by atoms with Crippen LogP contribution in [0.5, 0.6) is 0 Å². The van der Waals surface area contributed by atoms with Gasteiger partial charge in [-0.2, -0.15) is 13.2 Å². The third kappa shape index (κ3) is 3.97. The van der Waals surface area contributed by atoms with Crippen LogP contribution in [0.2, 0.25) is 0 Å². The summed E-state index contributed by atoms with van der Waals surface area (Å²) in [5.41, 5.74) is 5.34. The second kappa shape index (κ2) is 7.54. The van der Waals surface area contributed by atoms with Gasteiger partial charge in [0.15, 0.2) is 0 Å². The minimum Gasteiger partial charge on any atom is -0.353 e. The molecule has 2 heterocycles. The fourth-order valence-electron chi connectivity index (χ4n) is 4.51. The zero-order chi connectivity index (χ0) is 20.7. The van der Waals surface area contributed by atoms with Crippen molar-refractivity contribution in [2.75, 3.05) is 31.1 Å². The molecule has 1 amide bonds. The second-order valence-electron chi connectivity index (χ2n) is 8.45. The van der Waals surface area contributed by atoms with Crippen molar-refractivity contribution >= 4 is 11.7 Å². The van der Waals surface area contributed by atoms with Crippen molar-refractivity contribution in [1.29, 1.82) is 0 Å². The molecule has 2 aliphatic rings. The summed E-state index contributed by atoms with van der Waals surface area (Å²) in [6, 6.07) is 2.21. The summed E-state index contributed by atoms with van der Waals surface area (Å²) < 4.78 is 39.3. The fraction of sp³-hybridized carbons (Fsp3) is 0.700. The molecule has 1 aromatic heterocycles. The first kappa shape index (κ1) is 20.9. The van der Waals surface area contributed by atoms with Gasteiger partial charge in [0.05, 0.1) is 11.0 Å². The van der Waals surface area contributed by atoms with Gasteiger partial charge in [0, 0.05) is 37.9 Å². The number of rotatable bonds is 3. The van der Waals surface area contributed by atoms with E-state index in [-0.39, 0.29) is 17.9 Å². The minimum absolute atomic E-state index is 0.0601. The Hall–Kier alpha value is -1.83. The first-order valence-electron chi connectivity index (χ1n) is 9.89. The van der Waals surface area contributed by atoms with E-state index in [1.807, 2.05) is 9.80 Å². The molecule has 1 aromatic rings. The Morgan fingerprint density at radius 1 is 1.25 bits per heavy atom. The molecule has 0 bridgehead atoms. The molecule has 2 atom stereocenters. The molecule has 8 heteroatoms. The number of anilines is 1. The molecule has 1 aliphatic heterocycles. The largest absolute Gasteiger partial charge is 0.416 e. The lowest BCUT2D eigenvalue weighted by Crippen LogP contribution is -2.54. The van der Waals surface area contributed by atoms with Crippen LogP contribution in [0.15, 0.2) is 12.1 Å². The zero-order valence-electron chi connectivity index (χ0n) is 16.7. The Morgan fingerprint density at radius 2 is 1.89 bits per heavy atom. The number of carbonyl (C=O) groups is 1. The molecule has 1 saturated carbocycles. The second-order valence-corrected chi connectivity index (χ2v) is 8.45. The summed E-state index contributed by atoms with van der Waals surface area (Å²) in [5.74, 6) is 0.670. The number of piperazine rings is 1. The van der Waals surface area contributed by atoms with Crippen LogP contribution in [-0.2, 0) is 11.0 Å². The number of nitrogens with zero attached hydrogens (tertiary/aromatic N) is 3. The van der Waals surface area contributed by atoms with E-state index in [0.717, 1.165) is 25.0 Å². The SMILES string of the molecule is Cc1cc(C(F)(F)F)cc(N2CCN(C(=O)[C@@]3(C(C)C)CC[C@@H](N)C3)CC2)n1. The van der Waals surface area contributed by atoms with Crippen LogP contribution >= 0.6 is 0 Å². The number of aromatic nitrogens is 1. The number of alkyl halides is 3. The maximum absolute atomic E-state index is 13.3. The molecule has 2 fully saturated rings. The average molecular weight is 398 g/mol. The van der Waals surface area contributed by atoms with Crippen LogP contribution in [0, 0.1) is 18.3 Å². The molecule has 0 radical (unpaired) electrons. The number of hydrogen-bond donors (Lipinski definition) is 1. The lowest BCUT2D eigenvalue weighted by molar-refractivity contribution is -0.145. The predicted molar refractivity (Wildman–Crippen MR) is 102 cm³/mol. The van der Waals surface area contributed by atoms with Gasteiger partial charge < -0.3 is 15.5 Å². The van der Waals surface area contributed by atoms with Crippen molar-refractivity contribution < 1.29 is 18.0 Å². The van der Waals surface area contributed by atoms with E-state index < -0.39 is 17.2 Å². The number of nitrogens with two attached hydrogens (primary N) is 1. The van der Waals surface area contributed by atoms with Crippen LogP contribution in [-0.4, -0.2) is 48.0 Å². The molecule has 1 saturated heterocycles. The molecular formula is C20H29F3N4O. The number of carbonyl (C=O) groups excluding carboxylic acids is 1. The summed E-state index contributed by atoms with van der Waals surface area (Å²) in [6.45, 7) is 7.62. The number of aryl methyl sites for hydroxylation is 1. The summed E-state index contributed by atoms with van der Waals surface area (Å²) in [5, 5.41) is 0. The van der Waals surface area contributed by atoms with Gasteiger partial charge in [0.2, 0.25) is 5.91 Å². The van der Waals surface area contributed by atoms with E-state index in [1.54, 1.807) is 6.92 Å². The van der Waals surface area contributed by atoms with E-state index >= 15 is 0 Å². The maximum atomic E-state index is 13.3. The smallest absolute Gasteiger partial charge is 0.353 e. The standard InChI is InChI=1S/C20H29F3N4O/c1-13(2)19(5-4-16(24)12-19)18(28)27-8-6-26(7-9-27)17-11-15(20(21,22)23)10-14(3)25-17/h10-11,13,16H,4-9,12,24H2,1-3H3/t16-,19+/m1/s1. The average Bonchev–Trinajstić information content (AvgIpc) is 3.03. The highest BCUT2D eigenvalue weighted by Crippen LogP contribution is 2.45. The molecule has 0 spiro atoms. The summed E-state index contributed by atoms with van der Waals surface area (Å²) in [6.07, 6.45) is -2.03. The lowest BCUT2D eigenvalue weighted by atomic mass is 9.74. The van der Waals surface area contributed by atoms with Crippen molar-refractivity contribution in [3.05, 3.63) is 23.4 Å². The van der Waals surface area contributed by atoms with Gasteiger partial charge in [-0.1, -0.05) is 13.8 Å². The minimum atomic E-state index is -4.40. The quantitative estimate of drug-likeness (QED) is 0.849. The molecule has 28 heavy (non-hydrogen) atoms. The van der Waals surface area contributed by atoms with Gasteiger partial charge in [-0.05, 0) is 44.2 Å². The summed E-state index contributed by atoms with van der Waals surface area (Å²) in [4.78, 5) is 21.2. The van der Waals surface area contributed by atoms with E-state index in [2.05, 4.69) is 18.8 Å². The molecule has 5 nitrogen and oxygen atoms in total. The van der Waals surface area contributed by atoms with E-state index in [9.17, 15) is 18.0 Å². The van der Waals surface area contributed by atoms with Gasteiger partial charge >= 0.3 is 6.18 Å². The molecule has 0 unspecified atom stereocenters. The van der Waals surface area contributed by atoms with Crippen molar-refractivity contribution in [3.63, 3.8) is 0 Å². The van der Waals surface area contributed by atoms with Crippen LogP contribution in [0.4, 0.5) is 19.0 Å². The number of halogens is 3. The van der Waals surface area contributed by atoms with E-state index in [4.69, 9.17) is 5.73 Å². The van der Waals surface area contributed by atoms with Crippen LogP contribution in [0.25, 0.3) is 0 Å². The highest BCUT2D eigenvalue weighted by Gasteiger charge is 2.48. The number of amides is 1. The molecule has 3 rings (SSSR count).